The number of halogens is 1. The van der Waals surface area contributed by atoms with Crippen molar-refractivity contribution in [1.29, 1.82) is 5.26 Å². The molecule has 0 radical (unpaired) electrons. The lowest BCUT2D eigenvalue weighted by Crippen LogP contribution is -2.54. The summed E-state index contributed by atoms with van der Waals surface area (Å²) in [6, 6.07) is 7.75. The van der Waals surface area contributed by atoms with Gasteiger partial charge < -0.3 is 21.1 Å². The highest BCUT2D eigenvalue weighted by Crippen LogP contribution is 2.37. The quantitative estimate of drug-likeness (QED) is 0.429. The monoisotopic (exact) mass is 433 g/mol. The van der Waals surface area contributed by atoms with E-state index in [1.807, 2.05) is 6.07 Å². The van der Waals surface area contributed by atoms with Crippen LogP contribution in [0, 0.1) is 17.1 Å². The highest BCUT2D eigenvalue weighted by Gasteiger charge is 2.23. The van der Waals surface area contributed by atoms with E-state index < -0.39 is 11.6 Å². The van der Waals surface area contributed by atoms with Gasteiger partial charge in [0.1, 0.15) is 0 Å². The molecule has 3 heterocycles. The molecule has 0 amide bonds. The maximum absolute atomic E-state index is 14.5. The second kappa shape index (κ2) is 8.40. The van der Waals surface area contributed by atoms with Crippen molar-refractivity contribution >= 4 is 28.6 Å². The SMILES string of the molecule is CN=Cc1cc(-c2cc(C#N)c3cc(N4CC(C)NC(C)C4)cnc3n2)c(O)c(F)c1N. The first kappa shape index (κ1) is 21.5. The molecule has 1 aliphatic rings. The first-order chi connectivity index (χ1) is 15.3. The van der Waals surface area contributed by atoms with Gasteiger partial charge in [0.25, 0.3) is 0 Å². The Morgan fingerprint density at radius 2 is 2.03 bits per heavy atom. The summed E-state index contributed by atoms with van der Waals surface area (Å²) < 4.78 is 14.5. The summed E-state index contributed by atoms with van der Waals surface area (Å²) in [5.74, 6) is -1.59. The first-order valence-corrected chi connectivity index (χ1v) is 10.3. The molecular weight excluding hydrogens is 409 g/mol. The molecule has 2 atom stereocenters. The number of fused-ring (bicyclic) bond motifs is 1. The Hall–Kier alpha value is -3.77. The number of nitrogens with two attached hydrogens (primary N) is 1. The van der Waals surface area contributed by atoms with E-state index in [0.29, 0.717) is 34.2 Å². The van der Waals surface area contributed by atoms with Crippen LogP contribution in [0.2, 0.25) is 0 Å². The fraction of sp³-hybridized carbons (Fsp3) is 0.304. The minimum atomic E-state index is -0.956. The number of aliphatic imine (C=N–C) groups is 1. The number of nitrogens with one attached hydrogen (secondary N) is 1. The zero-order valence-electron chi connectivity index (χ0n) is 18.1. The minimum Gasteiger partial charge on any atom is -0.504 e. The third-order valence-corrected chi connectivity index (χ3v) is 5.55. The predicted molar refractivity (Wildman–Crippen MR) is 124 cm³/mol. The lowest BCUT2D eigenvalue weighted by Gasteiger charge is -2.37. The Balaban J connectivity index is 1.84. The van der Waals surface area contributed by atoms with Gasteiger partial charge in [-0.2, -0.15) is 5.26 Å². The number of nitrogens with zero attached hydrogens (tertiary/aromatic N) is 5. The number of aromatic nitrogens is 2. The molecule has 1 aliphatic heterocycles. The molecule has 1 saturated heterocycles. The van der Waals surface area contributed by atoms with Crippen molar-refractivity contribution < 1.29 is 9.50 Å². The standard InChI is InChI=1S/C23H24FN7O/c1-12-10-31(11-13(2)29-12)16-6-17-14(7-25)5-19(30-23(17)28-9-16)18-4-15(8-27-3)21(26)20(24)22(18)32/h4-6,8-9,12-13,29,32H,10-11,26H2,1-3H3. The molecule has 2 unspecified atom stereocenters. The van der Waals surface area contributed by atoms with Crippen molar-refractivity contribution in [2.75, 3.05) is 30.8 Å². The zero-order chi connectivity index (χ0) is 23.0. The molecule has 1 fully saturated rings. The van der Waals surface area contributed by atoms with E-state index >= 15 is 0 Å². The Morgan fingerprint density at radius 1 is 1.31 bits per heavy atom. The Bertz CT molecular complexity index is 1260. The van der Waals surface area contributed by atoms with Crippen LogP contribution < -0.4 is 16.0 Å². The smallest absolute Gasteiger partial charge is 0.189 e. The van der Waals surface area contributed by atoms with E-state index in [2.05, 4.69) is 45.1 Å². The molecular formula is C23H24FN7O. The second-order valence-electron chi connectivity index (χ2n) is 8.08. The molecule has 0 saturated carbocycles. The van der Waals surface area contributed by atoms with Gasteiger partial charge in [-0.1, -0.05) is 0 Å². The molecule has 4 N–H and O–H groups in total. The number of rotatable bonds is 3. The van der Waals surface area contributed by atoms with Crippen LogP contribution >= 0.6 is 0 Å². The van der Waals surface area contributed by atoms with Gasteiger partial charge in [-0.05, 0) is 32.0 Å². The highest BCUT2D eigenvalue weighted by molar-refractivity contribution is 5.93. The number of aromatic hydroxyl groups is 1. The third kappa shape index (κ3) is 3.81. The van der Waals surface area contributed by atoms with E-state index in [4.69, 9.17) is 5.73 Å². The van der Waals surface area contributed by atoms with Crippen LogP contribution in [-0.2, 0) is 0 Å². The summed E-state index contributed by atoms with van der Waals surface area (Å²) in [4.78, 5) is 15.1. The molecule has 2 aromatic heterocycles. The maximum Gasteiger partial charge on any atom is 0.189 e. The Kier molecular flexibility index (Phi) is 5.63. The summed E-state index contributed by atoms with van der Waals surface area (Å²) >= 11 is 0. The molecule has 4 rings (SSSR count). The van der Waals surface area contributed by atoms with Gasteiger partial charge in [-0.15, -0.1) is 0 Å². The molecule has 3 aromatic rings. The molecule has 0 bridgehead atoms. The van der Waals surface area contributed by atoms with Gasteiger partial charge in [0.05, 0.1) is 34.9 Å². The number of phenolic OH excluding ortho intramolecular Hbond substituents is 1. The lowest BCUT2D eigenvalue weighted by molar-refractivity contribution is 0.407. The predicted octanol–water partition coefficient (Wildman–Crippen LogP) is 2.83. The van der Waals surface area contributed by atoms with Crippen LogP contribution in [0.5, 0.6) is 5.75 Å². The molecule has 164 valence electrons. The van der Waals surface area contributed by atoms with Crippen LogP contribution in [0.3, 0.4) is 0 Å². The van der Waals surface area contributed by atoms with E-state index in [1.165, 1.54) is 25.4 Å². The van der Waals surface area contributed by atoms with Gasteiger partial charge >= 0.3 is 0 Å². The van der Waals surface area contributed by atoms with Gasteiger partial charge in [0.15, 0.2) is 17.2 Å². The van der Waals surface area contributed by atoms with Crippen LogP contribution in [-0.4, -0.2) is 53.5 Å². The molecule has 32 heavy (non-hydrogen) atoms. The Labute approximate surface area is 185 Å². The van der Waals surface area contributed by atoms with Gasteiger partial charge in [-0.3, -0.25) is 4.99 Å². The maximum atomic E-state index is 14.5. The number of piperazine rings is 1. The van der Waals surface area contributed by atoms with Crippen molar-refractivity contribution in [3.8, 4) is 23.1 Å². The van der Waals surface area contributed by atoms with E-state index in [0.717, 1.165) is 18.8 Å². The number of hydrogen-bond donors (Lipinski definition) is 3. The fourth-order valence-electron chi connectivity index (χ4n) is 4.15. The van der Waals surface area contributed by atoms with Crippen LogP contribution in [0.4, 0.5) is 15.8 Å². The molecule has 0 aliphatic carbocycles. The van der Waals surface area contributed by atoms with E-state index in [1.54, 1.807) is 6.20 Å². The fourth-order valence-corrected chi connectivity index (χ4v) is 4.15. The third-order valence-electron chi connectivity index (χ3n) is 5.55. The van der Waals surface area contributed by atoms with Crippen molar-refractivity contribution in [3.63, 3.8) is 0 Å². The Morgan fingerprint density at radius 3 is 2.69 bits per heavy atom. The average molecular weight is 433 g/mol. The normalized spacial score (nSPS) is 18.9. The largest absolute Gasteiger partial charge is 0.504 e. The number of nitrogen functional groups attached to an aromatic ring is 1. The highest BCUT2D eigenvalue weighted by atomic mass is 19.1. The molecule has 8 nitrogen and oxygen atoms in total. The van der Waals surface area contributed by atoms with Gasteiger partial charge in [-0.25, -0.2) is 14.4 Å². The first-order valence-electron chi connectivity index (χ1n) is 10.3. The van der Waals surface area contributed by atoms with Crippen molar-refractivity contribution in [1.82, 2.24) is 15.3 Å². The number of pyridine rings is 2. The van der Waals surface area contributed by atoms with Gasteiger partial charge in [0.2, 0.25) is 0 Å². The molecule has 9 heteroatoms. The van der Waals surface area contributed by atoms with Gasteiger partial charge in [0, 0.05) is 54.9 Å². The average Bonchev–Trinajstić information content (AvgIpc) is 2.77. The van der Waals surface area contributed by atoms with Crippen LogP contribution in [0.15, 0.2) is 29.4 Å². The summed E-state index contributed by atoms with van der Waals surface area (Å²) in [6.45, 7) is 5.90. The zero-order valence-corrected chi connectivity index (χ0v) is 18.1. The van der Waals surface area contributed by atoms with E-state index in [9.17, 15) is 14.8 Å². The topological polar surface area (TPSA) is 123 Å². The van der Waals surface area contributed by atoms with Crippen LogP contribution in [0.1, 0.15) is 25.0 Å². The number of benzene rings is 1. The molecule has 0 spiro atoms. The summed E-state index contributed by atoms with van der Waals surface area (Å²) in [6.07, 6.45) is 3.12. The number of phenols is 1. The lowest BCUT2D eigenvalue weighted by atomic mass is 10.0. The van der Waals surface area contributed by atoms with Crippen molar-refractivity contribution in [3.05, 3.63) is 41.3 Å². The van der Waals surface area contributed by atoms with E-state index in [-0.39, 0.29) is 16.9 Å². The summed E-state index contributed by atoms with van der Waals surface area (Å²) in [5.41, 5.74) is 7.76. The van der Waals surface area contributed by atoms with Crippen molar-refractivity contribution in [2.45, 2.75) is 25.9 Å². The summed E-state index contributed by atoms with van der Waals surface area (Å²) in [7, 11) is 1.54. The number of anilines is 2. The number of nitriles is 1. The number of hydrogen-bond acceptors (Lipinski definition) is 8. The molecule has 1 aromatic carbocycles. The minimum absolute atomic E-state index is 0.112. The second-order valence-corrected chi connectivity index (χ2v) is 8.08. The van der Waals surface area contributed by atoms with Crippen molar-refractivity contribution in [2.24, 2.45) is 4.99 Å². The van der Waals surface area contributed by atoms with Crippen LogP contribution in [0.25, 0.3) is 22.3 Å². The summed E-state index contributed by atoms with van der Waals surface area (Å²) in [5, 5.41) is 24.2.